The van der Waals surface area contributed by atoms with Crippen molar-refractivity contribution in [1.82, 2.24) is 4.90 Å². The molecule has 6 heteroatoms. The minimum absolute atomic E-state index is 0.00748. The van der Waals surface area contributed by atoms with Crippen molar-refractivity contribution in [3.05, 3.63) is 29.8 Å². The van der Waals surface area contributed by atoms with Gasteiger partial charge in [-0.3, -0.25) is 4.79 Å². The summed E-state index contributed by atoms with van der Waals surface area (Å²) in [5, 5.41) is 0. The van der Waals surface area contributed by atoms with Crippen molar-refractivity contribution in [2.75, 3.05) is 18.9 Å². The first-order chi connectivity index (χ1) is 11.0. The van der Waals surface area contributed by atoms with Crippen molar-refractivity contribution in [1.29, 1.82) is 0 Å². The Balaban J connectivity index is 1.94. The second kappa shape index (κ2) is 6.61. The van der Waals surface area contributed by atoms with Crippen LogP contribution in [0.5, 0.6) is 0 Å². The number of carbonyl (C=O) groups excluding carboxylic acids is 1. The molecule has 1 aliphatic carbocycles. The van der Waals surface area contributed by atoms with Gasteiger partial charge in [-0.15, -0.1) is 0 Å². The summed E-state index contributed by atoms with van der Waals surface area (Å²) in [7, 11) is -3.42. The average Bonchev–Trinajstić information content (AvgIpc) is 2.60. The Kier molecular flexibility index (Phi) is 4.73. The van der Waals surface area contributed by atoms with Crippen LogP contribution in [0.15, 0.2) is 29.2 Å². The van der Waals surface area contributed by atoms with Crippen molar-refractivity contribution in [3.8, 4) is 0 Å². The number of morpholine rings is 1. The predicted octanol–water partition coefficient (Wildman–Crippen LogP) is 2.26. The maximum atomic E-state index is 13.0. The number of hydrogen-bond acceptors (Lipinski definition) is 4. The van der Waals surface area contributed by atoms with Crippen LogP contribution in [0.1, 0.15) is 43.0 Å². The van der Waals surface area contributed by atoms with E-state index >= 15 is 0 Å². The lowest BCUT2D eigenvalue weighted by atomic mass is 9.89. The summed E-state index contributed by atoms with van der Waals surface area (Å²) < 4.78 is 30.4. The van der Waals surface area contributed by atoms with E-state index in [0.717, 1.165) is 25.7 Å². The van der Waals surface area contributed by atoms with E-state index in [1.807, 2.05) is 4.90 Å². The average molecular weight is 337 g/mol. The van der Waals surface area contributed by atoms with Crippen LogP contribution in [0.3, 0.4) is 0 Å². The van der Waals surface area contributed by atoms with Crippen LogP contribution >= 0.6 is 0 Å². The van der Waals surface area contributed by atoms with Crippen LogP contribution in [0.4, 0.5) is 0 Å². The third kappa shape index (κ3) is 3.15. The second-order valence-corrected chi connectivity index (χ2v) is 8.41. The summed E-state index contributed by atoms with van der Waals surface area (Å²) >= 11 is 0. The van der Waals surface area contributed by atoms with Gasteiger partial charge in [-0.1, -0.05) is 31.9 Å². The maximum absolute atomic E-state index is 13.0. The minimum atomic E-state index is -3.42. The van der Waals surface area contributed by atoms with Gasteiger partial charge in [0, 0.05) is 6.54 Å². The molecule has 2 fully saturated rings. The van der Waals surface area contributed by atoms with Crippen molar-refractivity contribution in [2.45, 2.75) is 49.6 Å². The molecule has 1 amide bonds. The van der Waals surface area contributed by atoms with Crippen LogP contribution in [0.25, 0.3) is 0 Å². The first-order valence-corrected chi connectivity index (χ1v) is 9.94. The SMILES string of the molecule is CCS(=O)(=O)c1ccccc1C(=O)N1CCO[C@H]2CCCC[C@H]21. The number of nitrogens with zero attached hydrogens (tertiary/aromatic N) is 1. The largest absolute Gasteiger partial charge is 0.374 e. The van der Waals surface area contributed by atoms with E-state index in [9.17, 15) is 13.2 Å². The van der Waals surface area contributed by atoms with Gasteiger partial charge in [0.1, 0.15) is 0 Å². The van der Waals surface area contributed by atoms with Crippen LogP contribution < -0.4 is 0 Å². The van der Waals surface area contributed by atoms with Gasteiger partial charge in [0.2, 0.25) is 0 Å². The first-order valence-electron chi connectivity index (χ1n) is 8.29. The Morgan fingerprint density at radius 2 is 2.00 bits per heavy atom. The summed E-state index contributed by atoms with van der Waals surface area (Å²) in [5.74, 6) is -0.190. The highest BCUT2D eigenvalue weighted by atomic mass is 32.2. The van der Waals surface area contributed by atoms with E-state index in [1.165, 1.54) is 6.07 Å². The molecule has 1 saturated carbocycles. The summed E-state index contributed by atoms with van der Waals surface area (Å²) in [6, 6.07) is 6.62. The molecule has 2 atom stereocenters. The molecule has 1 saturated heterocycles. The molecule has 0 unspecified atom stereocenters. The number of sulfone groups is 1. The van der Waals surface area contributed by atoms with E-state index < -0.39 is 9.84 Å². The number of amides is 1. The van der Waals surface area contributed by atoms with E-state index in [0.29, 0.717) is 18.7 Å². The van der Waals surface area contributed by atoms with Gasteiger partial charge in [-0.25, -0.2) is 8.42 Å². The topological polar surface area (TPSA) is 63.7 Å². The van der Waals surface area contributed by atoms with E-state index in [1.54, 1.807) is 25.1 Å². The fourth-order valence-electron chi connectivity index (χ4n) is 3.57. The Morgan fingerprint density at radius 3 is 2.78 bits per heavy atom. The molecule has 0 radical (unpaired) electrons. The molecule has 23 heavy (non-hydrogen) atoms. The molecule has 1 aromatic carbocycles. The maximum Gasteiger partial charge on any atom is 0.255 e. The standard InChI is InChI=1S/C17H23NO4S/c1-2-23(20,21)16-10-6-3-7-13(16)17(19)18-11-12-22-15-9-5-4-8-14(15)18/h3,6-7,10,14-15H,2,4-5,8-9,11-12H2,1H3/t14-,15+/m1/s1. The smallest absolute Gasteiger partial charge is 0.255 e. The molecule has 5 nitrogen and oxygen atoms in total. The zero-order valence-electron chi connectivity index (χ0n) is 13.4. The zero-order chi connectivity index (χ0) is 16.4. The second-order valence-electron chi connectivity index (χ2n) is 6.16. The van der Waals surface area contributed by atoms with Gasteiger partial charge in [0.15, 0.2) is 9.84 Å². The van der Waals surface area contributed by atoms with E-state index in [4.69, 9.17) is 4.74 Å². The first kappa shape index (κ1) is 16.5. The van der Waals surface area contributed by atoms with Crippen LogP contribution in [0, 0.1) is 0 Å². The number of hydrogen-bond donors (Lipinski definition) is 0. The van der Waals surface area contributed by atoms with Crippen LogP contribution in [-0.4, -0.2) is 50.3 Å². The summed E-state index contributed by atoms with van der Waals surface area (Å²) in [4.78, 5) is 15.0. The predicted molar refractivity (Wildman–Crippen MR) is 87.2 cm³/mol. The Labute approximate surface area is 137 Å². The molecule has 1 heterocycles. The molecule has 0 spiro atoms. The van der Waals surface area contributed by atoms with Crippen molar-refractivity contribution < 1.29 is 17.9 Å². The van der Waals surface area contributed by atoms with Gasteiger partial charge in [0.25, 0.3) is 5.91 Å². The molecule has 1 aromatic rings. The Morgan fingerprint density at radius 1 is 1.26 bits per heavy atom. The molecule has 1 aliphatic heterocycles. The molecule has 3 rings (SSSR count). The molecule has 0 N–H and O–H groups in total. The third-order valence-electron chi connectivity index (χ3n) is 4.83. The molecule has 126 valence electrons. The number of ether oxygens (including phenoxy) is 1. The zero-order valence-corrected chi connectivity index (χ0v) is 14.2. The fourth-order valence-corrected chi connectivity index (χ4v) is 4.66. The van der Waals surface area contributed by atoms with Crippen LogP contribution in [-0.2, 0) is 14.6 Å². The van der Waals surface area contributed by atoms with Crippen molar-refractivity contribution >= 4 is 15.7 Å². The van der Waals surface area contributed by atoms with Gasteiger partial charge >= 0.3 is 0 Å². The van der Waals surface area contributed by atoms with Crippen LogP contribution in [0.2, 0.25) is 0 Å². The van der Waals surface area contributed by atoms with Crippen molar-refractivity contribution in [3.63, 3.8) is 0 Å². The minimum Gasteiger partial charge on any atom is -0.374 e. The lowest BCUT2D eigenvalue weighted by molar-refractivity contribution is -0.0753. The van der Waals surface area contributed by atoms with Gasteiger partial charge in [-0.2, -0.15) is 0 Å². The van der Waals surface area contributed by atoms with Gasteiger partial charge in [-0.05, 0) is 25.0 Å². The molecular formula is C17H23NO4S. The lowest BCUT2D eigenvalue weighted by Crippen LogP contribution is -2.55. The monoisotopic (exact) mass is 337 g/mol. The quantitative estimate of drug-likeness (QED) is 0.849. The Hall–Kier alpha value is -1.40. The number of rotatable bonds is 3. The number of fused-ring (bicyclic) bond motifs is 1. The van der Waals surface area contributed by atoms with Gasteiger partial charge < -0.3 is 9.64 Å². The van der Waals surface area contributed by atoms with Crippen molar-refractivity contribution in [2.24, 2.45) is 0 Å². The molecular weight excluding hydrogens is 314 g/mol. The molecule has 2 aliphatic rings. The molecule has 0 aromatic heterocycles. The fraction of sp³-hybridized carbons (Fsp3) is 0.588. The third-order valence-corrected chi connectivity index (χ3v) is 6.61. The normalized spacial score (nSPS) is 25.0. The summed E-state index contributed by atoms with van der Waals surface area (Å²) in [5.41, 5.74) is 0.292. The highest BCUT2D eigenvalue weighted by Crippen LogP contribution is 2.30. The number of carbonyl (C=O) groups is 1. The summed E-state index contributed by atoms with van der Waals surface area (Å²) in [6.07, 6.45) is 4.21. The highest BCUT2D eigenvalue weighted by Gasteiger charge is 2.38. The lowest BCUT2D eigenvalue weighted by Gasteiger charge is -2.44. The number of benzene rings is 1. The highest BCUT2D eigenvalue weighted by molar-refractivity contribution is 7.91. The summed E-state index contributed by atoms with van der Waals surface area (Å²) in [6.45, 7) is 2.65. The van der Waals surface area contributed by atoms with E-state index in [-0.39, 0.29) is 28.7 Å². The molecule has 0 bridgehead atoms. The van der Waals surface area contributed by atoms with Gasteiger partial charge in [0.05, 0.1) is 35.0 Å². The Bertz CT molecular complexity index is 684. The van der Waals surface area contributed by atoms with E-state index in [2.05, 4.69) is 0 Å².